The third-order valence-corrected chi connectivity index (χ3v) is 8.38. The minimum atomic E-state index is -4.46. The van der Waals surface area contributed by atoms with Crippen LogP contribution in [0.5, 0.6) is 0 Å². The summed E-state index contributed by atoms with van der Waals surface area (Å²) in [6.07, 6.45) is -0.825. The standard InChI is InChI=1S/C27H24F3NO2S/c1-34(32,33)31-15-14-26(20-10-7-11-21(16-20)27(28,29)30)22(18-31)17-24(19-8-3-2-4-9-19)23-12-5-6-13-25(23)26/h2-13,16-17,22H,14-15,18H2,1H3/t22-,26-/m1/s1. The van der Waals surface area contributed by atoms with Crippen molar-refractivity contribution in [3.05, 3.63) is 113 Å². The summed E-state index contributed by atoms with van der Waals surface area (Å²) < 4.78 is 67.3. The van der Waals surface area contributed by atoms with E-state index < -0.39 is 27.2 Å². The second kappa shape index (κ2) is 8.10. The van der Waals surface area contributed by atoms with Crippen LogP contribution in [-0.4, -0.2) is 32.1 Å². The van der Waals surface area contributed by atoms with Gasteiger partial charge in [0.15, 0.2) is 0 Å². The third-order valence-electron chi connectivity index (χ3n) is 7.11. The summed E-state index contributed by atoms with van der Waals surface area (Å²) in [7, 11) is -3.45. The molecule has 176 valence electrons. The topological polar surface area (TPSA) is 37.4 Å². The quantitative estimate of drug-likeness (QED) is 0.478. The highest BCUT2D eigenvalue weighted by Crippen LogP contribution is 2.53. The Morgan fingerprint density at radius 1 is 0.941 bits per heavy atom. The minimum absolute atomic E-state index is 0.208. The molecule has 1 heterocycles. The van der Waals surface area contributed by atoms with Crippen molar-refractivity contribution in [2.75, 3.05) is 19.3 Å². The Bertz CT molecular complexity index is 1370. The summed E-state index contributed by atoms with van der Waals surface area (Å²) in [5.41, 5.74) is 2.97. The first-order valence-electron chi connectivity index (χ1n) is 11.1. The lowest BCUT2D eigenvalue weighted by atomic mass is 9.57. The zero-order valence-electron chi connectivity index (χ0n) is 18.6. The van der Waals surface area contributed by atoms with Crippen LogP contribution < -0.4 is 0 Å². The molecule has 0 bridgehead atoms. The van der Waals surface area contributed by atoms with Gasteiger partial charge in [-0.3, -0.25) is 0 Å². The lowest BCUT2D eigenvalue weighted by Gasteiger charge is -2.50. The van der Waals surface area contributed by atoms with Gasteiger partial charge in [-0.1, -0.05) is 78.9 Å². The summed E-state index contributed by atoms with van der Waals surface area (Å²) in [6, 6.07) is 23.1. The molecule has 5 rings (SSSR count). The molecule has 1 fully saturated rings. The first kappa shape index (κ1) is 22.9. The minimum Gasteiger partial charge on any atom is -0.213 e. The smallest absolute Gasteiger partial charge is 0.213 e. The van der Waals surface area contributed by atoms with Gasteiger partial charge in [0.2, 0.25) is 10.0 Å². The van der Waals surface area contributed by atoms with E-state index in [4.69, 9.17) is 0 Å². The van der Waals surface area contributed by atoms with E-state index in [1.54, 1.807) is 6.07 Å². The first-order chi connectivity index (χ1) is 16.1. The van der Waals surface area contributed by atoms with Gasteiger partial charge in [0, 0.05) is 24.4 Å². The number of benzene rings is 3. The SMILES string of the molecule is CS(=O)(=O)N1CC[C@]2(c3cccc(C(F)(F)F)c3)c3ccccc3C(c3ccccc3)=C[C@@H]2C1. The second-order valence-corrected chi connectivity index (χ2v) is 11.0. The van der Waals surface area contributed by atoms with Crippen molar-refractivity contribution in [3.8, 4) is 0 Å². The number of halogens is 3. The van der Waals surface area contributed by atoms with Crippen molar-refractivity contribution >= 4 is 15.6 Å². The number of nitrogens with zero attached hydrogens (tertiary/aromatic N) is 1. The number of hydrogen-bond donors (Lipinski definition) is 0. The van der Waals surface area contributed by atoms with Crippen molar-refractivity contribution in [3.63, 3.8) is 0 Å². The molecule has 0 unspecified atom stereocenters. The van der Waals surface area contributed by atoms with Crippen LogP contribution in [0.1, 0.15) is 34.2 Å². The Morgan fingerprint density at radius 2 is 1.65 bits per heavy atom. The van der Waals surface area contributed by atoms with Gasteiger partial charge in [-0.2, -0.15) is 13.2 Å². The van der Waals surface area contributed by atoms with E-state index in [1.807, 2.05) is 54.6 Å². The maximum absolute atomic E-state index is 13.7. The Balaban J connectivity index is 1.77. The average molecular weight is 484 g/mol. The van der Waals surface area contributed by atoms with Gasteiger partial charge in [0.25, 0.3) is 0 Å². The number of sulfonamides is 1. The predicted octanol–water partition coefficient (Wildman–Crippen LogP) is 5.72. The van der Waals surface area contributed by atoms with Gasteiger partial charge < -0.3 is 0 Å². The molecule has 0 radical (unpaired) electrons. The highest BCUT2D eigenvalue weighted by atomic mass is 32.2. The van der Waals surface area contributed by atoms with Crippen molar-refractivity contribution in [2.45, 2.75) is 18.0 Å². The van der Waals surface area contributed by atoms with Gasteiger partial charge in [0.05, 0.1) is 11.8 Å². The van der Waals surface area contributed by atoms with Crippen LogP contribution in [0, 0.1) is 5.92 Å². The molecule has 1 aliphatic carbocycles. The normalized spacial score (nSPS) is 23.1. The summed E-state index contributed by atoms with van der Waals surface area (Å²) in [6.45, 7) is 0.453. The molecule has 1 saturated heterocycles. The van der Waals surface area contributed by atoms with E-state index >= 15 is 0 Å². The number of hydrogen-bond acceptors (Lipinski definition) is 2. The lowest BCUT2D eigenvalue weighted by Crippen LogP contribution is -2.52. The summed E-state index contributed by atoms with van der Waals surface area (Å²) in [5.74, 6) is -0.329. The van der Waals surface area contributed by atoms with Gasteiger partial charge in [-0.25, -0.2) is 12.7 Å². The van der Waals surface area contributed by atoms with Gasteiger partial charge in [-0.05, 0) is 40.3 Å². The highest BCUT2D eigenvalue weighted by molar-refractivity contribution is 7.88. The third kappa shape index (κ3) is 3.77. The fraction of sp³-hybridized carbons (Fsp3) is 0.259. The van der Waals surface area contributed by atoms with E-state index in [2.05, 4.69) is 6.08 Å². The summed E-state index contributed by atoms with van der Waals surface area (Å²) in [4.78, 5) is 0. The fourth-order valence-corrected chi connectivity index (χ4v) is 6.39. The Hall–Kier alpha value is -2.90. The molecule has 3 aromatic carbocycles. The summed E-state index contributed by atoms with van der Waals surface area (Å²) >= 11 is 0. The summed E-state index contributed by atoms with van der Waals surface area (Å²) in [5, 5.41) is 0. The maximum Gasteiger partial charge on any atom is 0.416 e. The van der Waals surface area contributed by atoms with Crippen LogP contribution in [0.4, 0.5) is 13.2 Å². The number of fused-ring (bicyclic) bond motifs is 3. The molecule has 7 heteroatoms. The van der Waals surface area contributed by atoms with Crippen LogP contribution in [0.2, 0.25) is 0 Å². The Morgan fingerprint density at radius 3 is 2.35 bits per heavy atom. The zero-order valence-corrected chi connectivity index (χ0v) is 19.4. The maximum atomic E-state index is 13.7. The largest absolute Gasteiger partial charge is 0.416 e. The molecular formula is C27H24F3NO2S. The molecule has 0 spiro atoms. The van der Waals surface area contributed by atoms with Crippen molar-refractivity contribution in [1.82, 2.24) is 4.31 Å². The van der Waals surface area contributed by atoms with Crippen LogP contribution in [0.3, 0.4) is 0 Å². The Labute approximate surface area is 197 Å². The monoisotopic (exact) mass is 483 g/mol. The van der Waals surface area contributed by atoms with Crippen molar-refractivity contribution in [1.29, 1.82) is 0 Å². The molecule has 2 atom stereocenters. The second-order valence-electron chi connectivity index (χ2n) is 9.02. The van der Waals surface area contributed by atoms with Crippen molar-refractivity contribution < 1.29 is 21.6 Å². The molecule has 3 nitrogen and oxygen atoms in total. The molecule has 34 heavy (non-hydrogen) atoms. The molecule has 0 N–H and O–H groups in total. The number of rotatable bonds is 3. The predicted molar refractivity (Wildman–Crippen MR) is 127 cm³/mol. The fourth-order valence-electron chi connectivity index (χ4n) is 5.54. The molecular weight excluding hydrogens is 459 g/mol. The number of piperidine rings is 1. The molecule has 0 saturated carbocycles. The van der Waals surface area contributed by atoms with E-state index in [0.717, 1.165) is 28.3 Å². The Kier molecular flexibility index (Phi) is 5.45. The number of alkyl halides is 3. The molecule has 2 aliphatic rings. The molecule has 3 aromatic rings. The van der Waals surface area contributed by atoms with E-state index in [0.29, 0.717) is 12.0 Å². The molecule has 1 aliphatic heterocycles. The van der Waals surface area contributed by atoms with Gasteiger partial charge in [-0.15, -0.1) is 0 Å². The van der Waals surface area contributed by atoms with E-state index in [-0.39, 0.29) is 19.0 Å². The van der Waals surface area contributed by atoms with Crippen LogP contribution in [0.15, 0.2) is 84.9 Å². The highest BCUT2D eigenvalue weighted by Gasteiger charge is 2.50. The lowest BCUT2D eigenvalue weighted by molar-refractivity contribution is -0.137. The van der Waals surface area contributed by atoms with Crippen LogP contribution >= 0.6 is 0 Å². The van der Waals surface area contributed by atoms with Gasteiger partial charge >= 0.3 is 6.18 Å². The van der Waals surface area contributed by atoms with Crippen LogP contribution in [-0.2, 0) is 21.6 Å². The zero-order chi connectivity index (χ0) is 24.1. The van der Waals surface area contributed by atoms with Crippen molar-refractivity contribution in [2.24, 2.45) is 5.92 Å². The van der Waals surface area contributed by atoms with E-state index in [9.17, 15) is 21.6 Å². The van der Waals surface area contributed by atoms with E-state index in [1.165, 1.54) is 22.7 Å². The van der Waals surface area contributed by atoms with Crippen LogP contribution in [0.25, 0.3) is 5.57 Å². The molecule has 0 amide bonds. The van der Waals surface area contributed by atoms with Gasteiger partial charge in [0.1, 0.15) is 0 Å². The average Bonchev–Trinajstić information content (AvgIpc) is 2.82. The molecule has 0 aromatic heterocycles. The first-order valence-corrected chi connectivity index (χ1v) is 13.0.